The van der Waals surface area contributed by atoms with E-state index in [1.165, 1.54) is 11.3 Å². The molecular weight excluding hydrogens is 291 g/mol. The standard InChI is InChI=1S/C16H20Cl2N2/c17-8-12-20(13-9-18)16-6-4-15(5-7-16)14-19-10-2-1-3-11-19/h1-7,10H,8-9,11-14H2. The second-order valence-corrected chi connectivity index (χ2v) is 5.49. The molecule has 0 saturated heterocycles. The van der Waals surface area contributed by atoms with E-state index >= 15 is 0 Å². The molecule has 0 bridgehead atoms. The second-order valence-electron chi connectivity index (χ2n) is 4.73. The lowest BCUT2D eigenvalue weighted by atomic mass is 10.1. The number of alkyl halides is 2. The minimum absolute atomic E-state index is 0.615. The highest BCUT2D eigenvalue weighted by Crippen LogP contribution is 2.17. The molecule has 0 saturated carbocycles. The summed E-state index contributed by atoms with van der Waals surface area (Å²) >= 11 is 11.7. The van der Waals surface area contributed by atoms with Crippen molar-refractivity contribution in [3.05, 3.63) is 54.3 Å². The van der Waals surface area contributed by atoms with Crippen molar-refractivity contribution >= 4 is 28.9 Å². The fourth-order valence-corrected chi connectivity index (χ4v) is 2.65. The monoisotopic (exact) mass is 310 g/mol. The van der Waals surface area contributed by atoms with E-state index in [-0.39, 0.29) is 0 Å². The first-order chi connectivity index (χ1) is 9.83. The van der Waals surface area contributed by atoms with E-state index in [4.69, 9.17) is 23.2 Å². The molecule has 4 heteroatoms. The molecule has 0 aromatic heterocycles. The average Bonchev–Trinajstić information content (AvgIpc) is 2.49. The summed E-state index contributed by atoms with van der Waals surface area (Å²) in [6, 6.07) is 8.66. The molecule has 2 nitrogen and oxygen atoms in total. The molecule has 1 heterocycles. The topological polar surface area (TPSA) is 6.48 Å². The van der Waals surface area contributed by atoms with Crippen LogP contribution in [0, 0.1) is 0 Å². The molecule has 1 aromatic rings. The van der Waals surface area contributed by atoms with Crippen LogP contribution in [0.3, 0.4) is 0 Å². The zero-order valence-electron chi connectivity index (χ0n) is 11.5. The summed E-state index contributed by atoms with van der Waals surface area (Å²) in [6.07, 6.45) is 8.44. The van der Waals surface area contributed by atoms with Crippen LogP contribution in [0.2, 0.25) is 0 Å². The summed E-state index contributed by atoms with van der Waals surface area (Å²) in [4.78, 5) is 4.50. The maximum absolute atomic E-state index is 5.84. The summed E-state index contributed by atoms with van der Waals surface area (Å²) in [5.41, 5.74) is 2.49. The van der Waals surface area contributed by atoms with Crippen molar-refractivity contribution in [2.75, 3.05) is 36.3 Å². The van der Waals surface area contributed by atoms with Crippen molar-refractivity contribution in [1.29, 1.82) is 0 Å². The van der Waals surface area contributed by atoms with Gasteiger partial charge in [0.1, 0.15) is 0 Å². The van der Waals surface area contributed by atoms with Crippen LogP contribution in [0.4, 0.5) is 5.69 Å². The zero-order valence-corrected chi connectivity index (χ0v) is 13.0. The largest absolute Gasteiger partial charge is 0.369 e. The van der Waals surface area contributed by atoms with Gasteiger partial charge >= 0.3 is 0 Å². The van der Waals surface area contributed by atoms with Gasteiger partial charge in [-0.15, -0.1) is 23.2 Å². The Morgan fingerprint density at radius 2 is 1.70 bits per heavy atom. The predicted molar refractivity (Wildman–Crippen MR) is 88.8 cm³/mol. The molecule has 108 valence electrons. The Labute approximate surface area is 131 Å². The normalized spacial score (nSPS) is 13.8. The third-order valence-corrected chi connectivity index (χ3v) is 3.62. The Morgan fingerprint density at radius 3 is 2.25 bits per heavy atom. The van der Waals surface area contributed by atoms with Gasteiger partial charge in [-0.3, -0.25) is 0 Å². The van der Waals surface area contributed by atoms with E-state index in [0.717, 1.165) is 26.2 Å². The van der Waals surface area contributed by atoms with Crippen LogP contribution >= 0.6 is 23.2 Å². The highest BCUT2D eigenvalue weighted by molar-refractivity contribution is 6.18. The number of anilines is 1. The molecule has 0 atom stereocenters. The molecule has 1 aromatic carbocycles. The Hall–Kier alpha value is -1.12. The fourth-order valence-electron chi connectivity index (χ4n) is 2.25. The van der Waals surface area contributed by atoms with Gasteiger partial charge in [0.2, 0.25) is 0 Å². The summed E-state index contributed by atoms with van der Waals surface area (Å²) < 4.78 is 0. The fraction of sp³-hybridized carbons (Fsp3) is 0.375. The van der Waals surface area contributed by atoms with Crippen molar-refractivity contribution in [3.8, 4) is 0 Å². The summed E-state index contributed by atoms with van der Waals surface area (Å²) in [5, 5.41) is 0. The number of allylic oxidation sites excluding steroid dienone is 2. The van der Waals surface area contributed by atoms with Gasteiger partial charge in [-0.25, -0.2) is 0 Å². The Morgan fingerprint density at radius 1 is 1.00 bits per heavy atom. The lowest BCUT2D eigenvalue weighted by Gasteiger charge is -2.24. The van der Waals surface area contributed by atoms with Crippen LogP contribution in [0.1, 0.15) is 5.56 Å². The van der Waals surface area contributed by atoms with Crippen LogP contribution in [-0.4, -0.2) is 36.3 Å². The van der Waals surface area contributed by atoms with Gasteiger partial charge in [-0.05, 0) is 30.0 Å². The summed E-state index contributed by atoms with van der Waals surface area (Å²) in [7, 11) is 0. The molecule has 0 unspecified atom stereocenters. The van der Waals surface area contributed by atoms with Crippen LogP contribution < -0.4 is 4.90 Å². The SMILES string of the molecule is ClCCN(CCCl)c1ccc(CN2C=CC=CC2)cc1. The quantitative estimate of drug-likeness (QED) is 0.706. The molecule has 0 amide bonds. The van der Waals surface area contributed by atoms with Crippen molar-refractivity contribution in [2.45, 2.75) is 6.54 Å². The van der Waals surface area contributed by atoms with Gasteiger partial charge in [0.05, 0.1) is 0 Å². The minimum Gasteiger partial charge on any atom is -0.369 e. The lowest BCUT2D eigenvalue weighted by molar-refractivity contribution is 0.405. The van der Waals surface area contributed by atoms with E-state index in [1.807, 2.05) is 0 Å². The minimum atomic E-state index is 0.615. The highest BCUT2D eigenvalue weighted by atomic mass is 35.5. The molecule has 0 radical (unpaired) electrons. The molecule has 1 aliphatic heterocycles. The van der Waals surface area contributed by atoms with Gasteiger partial charge in [0.15, 0.2) is 0 Å². The molecule has 0 spiro atoms. The first-order valence-corrected chi connectivity index (χ1v) is 7.93. The molecule has 0 N–H and O–H groups in total. The Kier molecular flexibility index (Phi) is 6.28. The second kappa shape index (κ2) is 8.23. The third kappa shape index (κ3) is 4.46. The van der Waals surface area contributed by atoms with Crippen LogP contribution in [-0.2, 0) is 6.54 Å². The van der Waals surface area contributed by atoms with Crippen LogP contribution in [0.5, 0.6) is 0 Å². The molecule has 20 heavy (non-hydrogen) atoms. The summed E-state index contributed by atoms with van der Waals surface area (Å²) in [5.74, 6) is 1.23. The van der Waals surface area contributed by atoms with E-state index in [0.29, 0.717) is 11.8 Å². The third-order valence-electron chi connectivity index (χ3n) is 3.28. The maximum Gasteiger partial charge on any atom is 0.0427 e. The number of hydrogen-bond donors (Lipinski definition) is 0. The van der Waals surface area contributed by atoms with Gasteiger partial charge in [-0.2, -0.15) is 0 Å². The van der Waals surface area contributed by atoms with Crippen molar-refractivity contribution < 1.29 is 0 Å². The lowest BCUT2D eigenvalue weighted by Crippen LogP contribution is -2.27. The van der Waals surface area contributed by atoms with Crippen molar-refractivity contribution in [1.82, 2.24) is 4.90 Å². The molecule has 0 fully saturated rings. The van der Waals surface area contributed by atoms with Gasteiger partial charge in [0, 0.05) is 43.6 Å². The van der Waals surface area contributed by atoms with Gasteiger partial charge in [-0.1, -0.05) is 24.3 Å². The number of hydrogen-bond acceptors (Lipinski definition) is 2. The molecule has 2 rings (SSSR count). The van der Waals surface area contributed by atoms with Gasteiger partial charge < -0.3 is 9.80 Å². The van der Waals surface area contributed by atoms with Crippen LogP contribution in [0.25, 0.3) is 0 Å². The highest BCUT2D eigenvalue weighted by Gasteiger charge is 2.06. The number of benzene rings is 1. The van der Waals surface area contributed by atoms with E-state index in [2.05, 4.69) is 58.5 Å². The first-order valence-electron chi connectivity index (χ1n) is 6.86. The van der Waals surface area contributed by atoms with Gasteiger partial charge in [0.25, 0.3) is 0 Å². The number of nitrogens with zero attached hydrogens (tertiary/aromatic N) is 2. The predicted octanol–water partition coefficient (Wildman–Crippen LogP) is 3.86. The van der Waals surface area contributed by atoms with Crippen LogP contribution in [0.15, 0.2) is 48.7 Å². The molecular formula is C16H20Cl2N2. The van der Waals surface area contributed by atoms with E-state index < -0.39 is 0 Å². The van der Waals surface area contributed by atoms with E-state index in [1.54, 1.807) is 0 Å². The Balaban J connectivity index is 1.97. The summed E-state index contributed by atoms with van der Waals surface area (Å²) in [6.45, 7) is 3.57. The maximum atomic E-state index is 5.84. The number of rotatable bonds is 7. The first kappa shape index (κ1) is 15.3. The van der Waals surface area contributed by atoms with E-state index in [9.17, 15) is 0 Å². The zero-order chi connectivity index (χ0) is 14.2. The van der Waals surface area contributed by atoms with Crippen molar-refractivity contribution in [3.63, 3.8) is 0 Å². The number of halogens is 2. The molecule has 0 aliphatic carbocycles. The molecule has 1 aliphatic rings. The average molecular weight is 311 g/mol. The Bertz CT molecular complexity index is 448. The smallest absolute Gasteiger partial charge is 0.0427 e. The van der Waals surface area contributed by atoms with Crippen molar-refractivity contribution in [2.24, 2.45) is 0 Å².